The van der Waals surface area contributed by atoms with Gasteiger partial charge in [-0.2, -0.15) is 13.1 Å². The molecule has 18 heavy (non-hydrogen) atoms. The summed E-state index contributed by atoms with van der Waals surface area (Å²) >= 11 is 0. The predicted octanol–water partition coefficient (Wildman–Crippen LogP) is 1.76. The summed E-state index contributed by atoms with van der Waals surface area (Å²) in [5.74, 6) is 0. The van der Waals surface area contributed by atoms with E-state index in [0.717, 1.165) is 5.56 Å². The second kappa shape index (κ2) is 5.82. The Morgan fingerprint density at radius 2 is 1.72 bits per heavy atom. The fourth-order valence-electron chi connectivity index (χ4n) is 1.84. The Balaban J connectivity index is 2.73. The van der Waals surface area contributed by atoms with Gasteiger partial charge in [-0.1, -0.05) is 36.8 Å². The monoisotopic (exact) mass is 270 g/mol. The Hall–Kier alpha value is -0.910. The standard InChI is InChI=1S/C13H22N2O2S/c1-5-14-18(16,17)15-13(3,4)10-12-8-6-11(2)7-9-12/h6-9,14-15H,5,10H2,1-4H3. The van der Waals surface area contributed by atoms with Crippen molar-refractivity contribution in [1.82, 2.24) is 9.44 Å². The summed E-state index contributed by atoms with van der Waals surface area (Å²) in [6.45, 7) is 7.93. The summed E-state index contributed by atoms with van der Waals surface area (Å²) in [6, 6.07) is 8.12. The lowest BCUT2D eigenvalue weighted by Crippen LogP contribution is -2.49. The van der Waals surface area contributed by atoms with Crippen LogP contribution in [0.25, 0.3) is 0 Å². The molecule has 0 amide bonds. The van der Waals surface area contributed by atoms with Crippen molar-refractivity contribution in [3.8, 4) is 0 Å². The fourth-order valence-corrected chi connectivity index (χ4v) is 3.09. The zero-order valence-corrected chi connectivity index (χ0v) is 12.3. The molecular formula is C13H22N2O2S. The van der Waals surface area contributed by atoms with Crippen LogP contribution in [0.5, 0.6) is 0 Å². The summed E-state index contributed by atoms with van der Waals surface area (Å²) in [5.41, 5.74) is 1.80. The molecule has 0 aromatic heterocycles. The second-order valence-corrected chi connectivity index (χ2v) is 6.65. The van der Waals surface area contributed by atoms with Gasteiger partial charge < -0.3 is 0 Å². The number of aryl methyl sites for hydroxylation is 1. The van der Waals surface area contributed by atoms with Crippen molar-refractivity contribution >= 4 is 10.2 Å². The molecule has 1 rings (SSSR count). The molecule has 5 heteroatoms. The Labute approximate surface area is 110 Å². The molecule has 1 aromatic carbocycles. The van der Waals surface area contributed by atoms with E-state index < -0.39 is 15.7 Å². The first-order valence-corrected chi connectivity index (χ1v) is 7.56. The van der Waals surface area contributed by atoms with Gasteiger partial charge in [0.2, 0.25) is 0 Å². The van der Waals surface area contributed by atoms with Crippen molar-refractivity contribution in [2.75, 3.05) is 6.54 Å². The number of rotatable bonds is 6. The highest BCUT2D eigenvalue weighted by Crippen LogP contribution is 2.14. The van der Waals surface area contributed by atoms with E-state index in [2.05, 4.69) is 9.44 Å². The highest BCUT2D eigenvalue weighted by atomic mass is 32.2. The topological polar surface area (TPSA) is 58.2 Å². The van der Waals surface area contributed by atoms with Crippen LogP contribution < -0.4 is 9.44 Å². The van der Waals surface area contributed by atoms with Crippen LogP contribution in [0.4, 0.5) is 0 Å². The largest absolute Gasteiger partial charge is 0.277 e. The van der Waals surface area contributed by atoms with E-state index in [-0.39, 0.29) is 0 Å². The van der Waals surface area contributed by atoms with Gasteiger partial charge in [0, 0.05) is 12.1 Å². The third kappa shape index (κ3) is 5.16. The van der Waals surface area contributed by atoms with Gasteiger partial charge in [-0.25, -0.2) is 4.72 Å². The van der Waals surface area contributed by atoms with E-state index in [1.807, 2.05) is 45.0 Å². The van der Waals surface area contributed by atoms with Gasteiger partial charge >= 0.3 is 0 Å². The number of hydrogen-bond acceptors (Lipinski definition) is 2. The molecule has 0 radical (unpaired) electrons. The van der Waals surface area contributed by atoms with Crippen LogP contribution in [0, 0.1) is 6.92 Å². The SMILES string of the molecule is CCNS(=O)(=O)NC(C)(C)Cc1ccc(C)cc1. The van der Waals surface area contributed by atoms with E-state index >= 15 is 0 Å². The Morgan fingerprint density at radius 1 is 1.17 bits per heavy atom. The fraction of sp³-hybridized carbons (Fsp3) is 0.538. The van der Waals surface area contributed by atoms with Crippen LogP contribution in [-0.4, -0.2) is 20.5 Å². The first-order chi connectivity index (χ1) is 8.24. The summed E-state index contributed by atoms with van der Waals surface area (Å²) in [6.07, 6.45) is 0.651. The third-order valence-corrected chi connectivity index (χ3v) is 4.00. The van der Waals surface area contributed by atoms with Crippen LogP contribution in [0.15, 0.2) is 24.3 Å². The maximum Gasteiger partial charge on any atom is 0.277 e. The molecule has 0 atom stereocenters. The molecule has 102 valence electrons. The van der Waals surface area contributed by atoms with Gasteiger partial charge in [0.25, 0.3) is 10.2 Å². The zero-order valence-electron chi connectivity index (χ0n) is 11.4. The molecule has 0 bridgehead atoms. The summed E-state index contributed by atoms with van der Waals surface area (Å²) in [7, 11) is -3.42. The molecule has 4 nitrogen and oxygen atoms in total. The molecule has 2 N–H and O–H groups in total. The van der Waals surface area contributed by atoms with E-state index in [1.165, 1.54) is 5.56 Å². The van der Waals surface area contributed by atoms with Gasteiger partial charge in [0.15, 0.2) is 0 Å². The highest BCUT2D eigenvalue weighted by molar-refractivity contribution is 7.87. The molecule has 0 aliphatic carbocycles. The highest BCUT2D eigenvalue weighted by Gasteiger charge is 2.24. The average Bonchev–Trinajstić information content (AvgIpc) is 2.19. The minimum atomic E-state index is -3.42. The molecule has 1 aromatic rings. The van der Waals surface area contributed by atoms with E-state index in [9.17, 15) is 8.42 Å². The van der Waals surface area contributed by atoms with Gasteiger partial charge in [-0.3, -0.25) is 0 Å². The van der Waals surface area contributed by atoms with E-state index in [4.69, 9.17) is 0 Å². The van der Waals surface area contributed by atoms with Gasteiger partial charge in [-0.05, 0) is 32.8 Å². The van der Waals surface area contributed by atoms with Crippen LogP contribution in [0.3, 0.4) is 0 Å². The summed E-state index contributed by atoms with van der Waals surface area (Å²) < 4.78 is 28.4. The normalized spacial score (nSPS) is 12.7. The van der Waals surface area contributed by atoms with Crippen LogP contribution in [0.2, 0.25) is 0 Å². The van der Waals surface area contributed by atoms with Crippen LogP contribution in [-0.2, 0) is 16.6 Å². The quantitative estimate of drug-likeness (QED) is 0.827. The maximum atomic E-state index is 11.7. The zero-order chi connectivity index (χ0) is 13.8. The van der Waals surface area contributed by atoms with Gasteiger partial charge in [-0.15, -0.1) is 0 Å². The maximum absolute atomic E-state index is 11.7. The van der Waals surface area contributed by atoms with Crippen molar-refractivity contribution in [2.24, 2.45) is 0 Å². The van der Waals surface area contributed by atoms with Crippen molar-refractivity contribution in [3.05, 3.63) is 35.4 Å². The molecular weight excluding hydrogens is 248 g/mol. The Morgan fingerprint density at radius 3 is 2.22 bits per heavy atom. The molecule has 0 aliphatic rings. The number of nitrogens with one attached hydrogen (secondary N) is 2. The first kappa shape index (κ1) is 15.1. The molecule has 0 unspecified atom stereocenters. The molecule has 0 aliphatic heterocycles. The molecule has 0 fully saturated rings. The first-order valence-electron chi connectivity index (χ1n) is 6.08. The Bertz CT molecular complexity index is 478. The summed E-state index contributed by atoms with van der Waals surface area (Å²) in [5, 5.41) is 0. The summed E-state index contributed by atoms with van der Waals surface area (Å²) in [4.78, 5) is 0. The van der Waals surface area contributed by atoms with Crippen molar-refractivity contribution in [1.29, 1.82) is 0 Å². The van der Waals surface area contributed by atoms with E-state index in [1.54, 1.807) is 6.92 Å². The third-order valence-electron chi connectivity index (χ3n) is 2.51. The lowest BCUT2D eigenvalue weighted by atomic mass is 9.96. The minimum Gasteiger partial charge on any atom is -0.203 e. The van der Waals surface area contributed by atoms with Crippen LogP contribution >= 0.6 is 0 Å². The van der Waals surface area contributed by atoms with Crippen molar-refractivity contribution < 1.29 is 8.42 Å². The van der Waals surface area contributed by atoms with Crippen molar-refractivity contribution in [2.45, 2.75) is 39.7 Å². The predicted molar refractivity (Wildman–Crippen MR) is 74.7 cm³/mol. The van der Waals surface area contributed by atoms with Crippen molar-refractivity contribution in [3.63, 3.8) is 0 Å². The molecule has 0 spiro atoms. The lowest BCUT2D eigenvalue weighted by Gasteiger charge is -2.26. The average molecular weight is 270 g/mol. The molecule has 0 heterocycles. The molecule has 0 saturated heterocycles. The van der Waals surface area contributed by atoms with Crippen LogP contribution in [0.1, 0.15) is 31.9 Å². The molecule has 0 saturated carbocycles. The lowest BCUT2D eigenvalue weighted by molar-refractivity contribution is 0.446. The van der Waals surface area contributed by atoms with Gasteiger partial charge in [0.05, 0.1) is 0 Å². The van der Waals surface area contributed by atoms with Gasteiger partial charge in [0.1, 0.15) is 0 Å². The minimum absolute atomic E-state index is 0.385. The smallest absolute Gasteiger partial charge is 0.203 e. The number of hydrogen-bond donors (Lipinski definition) is 2. The number of benzene rings is 1. The Kier molecular flexibility index (Phi) is 4.90. The van der Waals surface area contributed by atoms with E-state index in [0.29, 0.717) is 13.0 Å². The second-order valence-electron chi connectivity index (χ2n) is 5.15.